The van der Waals surface area contributed by atoms with Gasteiger partial charge in [0.1, 0.15) is 22.1 Å². The normalized spacial score (nSPS) is 31.6. The summed E-state index contributed by atoms with van der Waals surface area (Å²) in [7, 11) is 0. The Morgan fingerprint density at radius 2 is 2.24 bits per heavy atom. The molecule has 3 rings (SSSR count). The summed E-state index contributed by atoms with van der Waals surface area (Å²) >= 11 is 3.15. The maximum absolute atomic E-state index is 12.1. The molecule has 2 aliphatic heterocycles. The highest BCUT2D eigenvalue weighted by molar-refractivity contribution is 8.18. The van der Waals surface area contributed by atoms with Gasteiger partial charge in [0.15, 0.2) is 6.23 Å². The molecule has 1 aromatic heterocycles. The van der Waals surface area contributed by atoms with E-state index < -0.39 is 28.2 Å². The van der Waals surface area contributed by atoms with Crippen molar-refractivity contribution in [3.8, 4) is 0 Å². The minimum Gasteiger partial charge on any atom is -0.394 e. The molecule has 1 aromatic rings. The Labute approximate surface area is 129 Å². The third-order valence-electron chi connectivity index (χ3n) is 3.64. The monoisotopic (exact) mass is 331 g/mol. The van der Waals surface area contributed by atoms with Gasteiger partial charge in [-0.15, -0.1) is 23.5 Å². The number of anilines is 1. The van der Waals surface area contributed by atoms with Gasteiger partial charge in [-0.25, -0.2) is 4.79 Å². The molecule has 2 saturated heterocycles. The van der Waals surface area contributed by atoms with Gasteiger partial charge in [0.25, 0.3) is 0 Å². The van der Waals surface area contributed by atoms with Crippen LogP contribution >= 0.6 is 23.5 Å². The first-order valence-electron chi connectivity index (χ1n) is 6.65. The number of nitrogen functional groups attached to an aromatic ring is 1. The zero-order valence-electron chi connectivity index (χ0n) is 11.2. The van der Waals surface area contributed by atoms with E-state index in [1.165, 1.54) is 16.8 Å². The van der Waals surface area contributed by atoms with Gasteiger partial charge in [0.2, 0.25) is 0 Å². The lowest BCUT2D eigenvalue weighted by molar-refractivity contribution is -0.0459. The zero-order chi connectivity index (χ0) is 15.0. The number of hydrogen-bond donors (Lipinski definition) is 3. The Hall–Kier alpha value is -0.740. The molecule has 21 heavy (non-hydrogen) atoms. The topological polar surface area (TPSA) is 111 Å². The Kier molecular flexibility index (Phi) is 4.19. The highest BCUT2D eigenvalue weighted by atomic mass is 32.2. The van der Waals surface area contributed by atoms with Crippen LogP contribution in [-0.2, 0) is 4.74 Å². The van der Waals surface area contributed by atoms with E-state index in [0.717, 1.165) is 17.9 Å². The number of aromatic nitrogens is 2. The van der Waals surface area contributed by atoms with E-state index in [-0.39, 0.29) is 12.4 Å². The molecule has 4 N–H and O–H groups in total. The van der Waals surface area contributed by atoms with Gasteiger partial charge >= 0.3 is 5.69 Å². The van der Waals surface area contributed by atoms with E-state index in [2.05, 4.69) is 4.98 Å². The summed E-state index contributed by atoms with van der Waals surface area (Å²) in [6, 6.07) is 1.52. The number of rotatable bonds is 2. The lowest BCUT2D eigenvalue weighted by Crippen LogP contribution is -2.45. The number of thioether (sulfide) groups is 2. The van der Waals surface area contributed by atoms with Crippen LogP contribution < -0.4 is 11.4 Å². The second kappa shape index (κ2) is 5.81. The number of aliphatic hydroxyl groups excluding tert-OH is 2. The SMILES string of the molecule is Nc1ccn([C@@H]2O[C@H](CO)[C@@H](O)C23SCCCS3)c(=O)n1. The Morgan fingerprint density at radius 3 is 2.86 bits per heavy atom. The molecular formula is C12H17N3O4S2. The van der Waals surface area contributed by atoms with E-state index in [1.54, 1.807) is 23.5 Å². The van der Waals surface area contributed by atoms with Crippen molar-refractivity contribution in [2.75, 3.05) is 23.8 Å². The predicted molar refractivity (Wildman–Crippen MR) is 82.2 cm³/mol. The van der Waals surface area contributed by atoms with Crippen molar-refractivity contribution >= 4 is 29.3 Å². The summed E-state index contributed by atoms with van der Waals surface area (Å²) in [5, 5.41) is 20.0. The van der Waals surface area contributed by atoms with Crippen LogP contribution in [0, 0.1) is 0 Å². The Bertz CT molecular complexity index is 576. The van der Waals surface area contributed by atoms with Gasteiger partial charge < -0.3 is 20.7 Å². The predicted octanol–water partition coefficient (Wildman–Crippen LogP) is -0.358. The zero-order valence-corrected chi connectivity index (χ0v) is 12.8. The molecule has 0 unspecified atom stereocenters. The number of aliphatic hydroxyl groups is 2. The average Bonchev–Trinajstić information content (AvgIpc) is 2.74. The van der Waals surface area contributed by atoms with E-state index in [4.69, 9.17) is 10.5 Å². The van der Waals surface area contributed by atoms with Crippen molar-refractivity contribution in [1.29, 1.82) is 0 Å². The highest BCUT2D eigenvalue weighted by Gasteiger charge is 2.58. The molecule has 3 atom stereocenters. The van der Waals surface area contributed by atoms with Crippen LogP contribution in [0.3, 0.4) is 0 Å². The molecular weight excluding hydrogens is 314 g/mol. The summed E-state index contributed by atoms with van der Waals surface area (Å²) in [5.74, 6) is 1.89. The number of hydrogen-bond acceptors (Lipinski definition) is 8. The average molecular weight is 331 g/mol. The third-order valence-corrected chi connectivity index (χ3v) is 7.12. The van der Waals surface area contributed by atoms with Crippen LogP contribution in [0.15, 0.2) is 17.1 Å². The lowest BCUT2D eigenvalue weighted by Gasteiger charge is -2.38. The first kappa shape index (κ1) is 15.2. The van der Waals surface area contributed by atoms with Crippen molar-refractivity contribution in [2.24, 2.45) is 0 Å². The summed E-state index contributed by atoms with van der Waals surface area (Å²) in [6.07, 6.45) is 0.319. The molecule has 0 bridgehead atoms. The molecule has 7 nitrogen and oxygen atoms in total. The molecule has 0 aliphatic carbocycles. The smallest absolute Gasteiger partial charge is 0.351 e. The van der Waals surface area contributed by atoms with Crippen molar-refractivity contribution in [1.82, 2.24) is 9.55 Å². The number of nitrogens with two attached hydrogens (primary N) is 1. The molecule has 0 saturated carbocycles. The van der Waals surface area contributed by atoms with E-state index >= 15 is 0 Å². The van der Waals surface area contributed by atoms with Gasteiger partial charge in [0, 0.05) is 6.20 Å². The van der Waals surface area contributed by atoms with Gasteiger partial charge in [-0.05, 0) is 24.0 Å². The van der Waals surface area contributed by atoms with Gasteiger partial charge in [-0.2, -0.15) is 4.98 Å². The molecule has 3 heterocycles. The maximum atomic E-state index is 12.1. The van der Waals surface area contributed by atoms with Crippen molar-refractivity contribution in [3.63, 3.8) is 0 Å². The van der Waals surface area contributed by atoms with Crippen LogP contribution in [0.1, 0.15) is 12.6 Å². The second-order valence-corrected chi connectivity index (χ2v) is 7.97. The van der Waals surface area contributed by atoms with E-state index in [9.17, 15) is 15.0 Å². The van der Waals surface area contributed by atoms with Gasteiger partial charge in [0.05, 0.1) is 6.61 Å². The molecule has 0 amide bonds. The third kappa shape index (κ3) is 2.46. The fourth-order valence-corrected chi connectivity index (χ4v) is 6.12. The minimum atomic E-state index is -0.854. The number of ether oxygens (including phenoxy) is 1. The molecule has 0 radical (unpaired) electrons. The Morgan fingerprint density at radius 1 is 1.52 bits per heavy atom. The van der Waals surface area contributed by atoms with Crippen molar-refractivity contribution in [3.05, 3.63) is 22.7 Å². The summed E-state index contributed by atoms with van der Waals surface area (Å²) in [4.78, 5) is 15.8. The number of nitrogens with zero attached hydrogens (tertiary/aromatic N) is 2. The maximum Gasteiger partial charge on any atom is 0.351 e. The summed E-state index contributed by atoms with van der Waals surface area (Å²) < 4.78 is 6.41. The molecule has 2 fully saturated rings. The highest BCUT2D eigenvalue weighted by Crippen LogP contribution is 2.56. The fourth-order valence-electron chi connectivity index (χ4n) is 2.62. The van der Waals surface area contributed by atoms with Crippen molar-refractivity contribution in [2.45, 2.75) is 28.9 Å². The second-order valence-electron chi connectivity index (χ2n) is 4.97. The van der Waals surface area contributed by atoms with Crippen molar-refractivity contribution < 1.29 is 14.9 Å². The molecule has 1 spiro atoms. The largest absolute Gasteiger partial charge is 0.394 e. The van der Waals surface area contributed by atoms with Crippen LogP contribution in [0.5, 0.6) is 0 Å². The molecule has 116 valence electrons. The van der Waals surface area contributed by atoms with Crippen LogP contribution in [0.25, 0.3) is 0 Å². The quantitative estimate of drug-likeness (QED) is 0.674. The first-order valence-corrected chi connectivity index (χ1v) is 8.62. The van der Waals surface area contributed by atoms with Crippen LogP contribution in [-0.4, -0.2) is 54.2 Å². The van der Waals surface area contributed by atoms with Gasteiger partial charge in [-0.1, -0.05) is 0 Å². The van der Waals surface area contributed by atoms with E-state index in [0.29, 0.717) is 0 Å². The lowest BCUT2D eigenvalue weighted by atomic mass is 10.1. The van der Waals surface area contributed by atoms with Crippen LogP contribution in [0.4, 0.5) is 5.82 Å². The summed E-state index contributed by atoms with van der Waals surface area (Å²) in [6.45, 7) is -0.294. The van der Waals surface area contributed by atoms with Crippen LogP contribution in [0.2, 0.25) is 0 Å². The Balaban J connectivity index is 2.04. The molecule has 9 heteroatoms. The standard InChI is InChI=1S/C12H17N3O4S2/c13-8-2-3-15(11(18)14-8)10-12(20-4-1-5-21-12)9(17)7(6-16)19-10/h2-3,7,9-10,16-17H,1,4-6H2,(H2,13,14,18)/t7-,9-,10-/m1/s1. The molecule has 0 aromatic carbocycles. The minimum absolute atomic E-state index is 0.145. The molecule has 2 aliphatic rings. The van der Waals surface area contributed by atoms with Gasteiger partial charge in [-0.3, -0.25) is 4.57 Å². The van der Waals surface area contributed by atoms with E-state index in [1.807, 2.05) is 0 Å². The fraction of sp³-hybridized carbons (Fsp3) is 0.667. The first-order chi connectivity index (χ1) is 10.1. The summed E-state index contributed by atoms with van der Waals surface area (Å²) in [5.41, 5.74) is 5.00.